The first-order valence-electron chi connectivity index (χ1n) is 6.96. The first kappa shape index (κ1) is 12.6. The Kier molecular flexibility index (Phi) is 3.52. The molecule has 3 atom stereocenters. The highest BCUT2D eigenvalue weighted by Gasteiger charge is 2.36. The summed E-state index contributed by atoms with van der Waals surface area (Å²) in [6.07, 6.45) is 7.04. The summed E-state index contributed by atoms with van der Waals surface area (Å²) >= 11 is 0. The number of nitrogens with one attached hydrogen (secondary N) is 2. The molecule has 1 amide bonds. The Hall–Kier alpha value is -1.40. The predicted octanol–water partition coefficient (Wildman–Crippen LogP) is 0.127. The van der Waals surface area contributed by atoms with E-state index in [2.05, 4.69) is 20.4 Å². The number of aliphatic hydroxyl groups excluding tert-OH is 1. The van der Waals surface area contributed by atoms with Crippen LogP contribution in [-0.2, 0) is 0 Å². The normalized spacial score (nSPS) is 31.7. The molecule has 1 aromatic rings. The van der Waals surface area contributed by atoms with Gasteiger partial charge in [0.1, 0.15) is 0 Å². The van der Waals surface area contributed by atoms with Crippen molar-refractivity contribution in [1.29, 1.82) is 0 Å². The largest absolute Gasteiger partial charge is 0.392 e. The third kappa shape index (κ3) is 2.64. The smallest absolute Gasteiger partial charge is 0.254 e. The summed E-state index contributed by atoms with van der Waals surface area (Å²) in [7, 11) is 0. The van der Waals surface area contributed by atoms with Crippen LogP contribution in [0.1, 0.15) is 36.0 Å². The minimum Gasteiger partial charge on any atom is -0.392 e. The average molecular weight is 264 g/mol. The predicted molar refractivity (Wildman–Crippen MR) is 69.7 cm³/mol. The van der Waals surface area contributed by atoms with Gasteiger partial charge in [0.05, 0.1) is 17.9 Å². The lowest BCUT2D eigenvalue weighted by Gasteiger charge is -2.29. The van der Waals surface area contributed by atoms with Gasteiger partial charge in [-0.3, -0.25) is 14.8 Å². The number of nitrogens with zero attached hydrogens (tertiary/aromatic N) is 2. The van der Waals surface area contributed by atoms with Crippen LogP contribution >= 0.6 is 0 Å². The van der Waals surface area contributed by atoms with E-state index in [4.69, 9.17) is 0 Å². The van der Waals surface area contributed by atoms with Crippen LogP contribution in [0.3, 0.4) is 0 Å². The molecule has 2 heterocycles. The van der Waals surface area contributed by atoms with Crippen molar-refractivity contribution in [3.8, 4) is 0 Å². The van der Waals surface area contributed by atoms with Gasteiger partial charge in [0.2, 0.25) is 0 Å². The van der Waals surface area contributed by atoms with Crippen LogP contribution in [0.2, 0.25) is 0 Å². The standard InChI is InChI=1S/C13H20N4O2/c18-10-4-5-17(8-10)12-3-1-2-11(12)16-13(19)9-6-14-15-7-9/h6-7,10-12,18H,1-5,8H2,(H,14,15)(H,16,19)/t10?,11-,12+/m1/s1. The van der Waals surface area contributed by atoms with Gasteiger partial charge in [-0.05, 0) is 25.7 Å². The molecule has 0 spiro atoms. The number of aromatic amines is 1. The van der Waals surface area contributed by atoms with Crippen molar-refractivity contribution < 1.29 is 9.90 Å². The molecular formula is C13H20N4O2. The van der Waals surface area contributed by atoms with Gasteiger partial charge in [0, 0.05) is 31.4 Å². The van der Waals surface area contributed by atoms with Crippen LogP contribution in [0.4, 0.5) is 0 Å². The minimum absolute atomic E-state index is 0.0644. The van der Waals surface area contributed by atoms with E-state index < -0.39 is 0 Å². The zero-order valence-corrected chi connectivity index (χ0v) is 10.9. The number of aromatic nitrogens is 2. The molecule has 1 aromatic heterocycles. The molecule has 3 N–H and O–H groups in total. The van der Waals surface area contributed by atoms with Crippen LogP contribution in [0, 0.1) is 0 Å². The number of rotatable bonds is 3. The van der Waals surface area contributed by atoms with Crippen molar-refractivity contribution in [3.05, 3.63) is 18.0 Å². The van der Waals surface area contributed by atoms with E-state index in [-0.39, 0.29) is 18.1 Å². The minimum atomic E-state index is -0.203. The molecule has 104 valence electrons. The van der Waals surface area contributed by atoms with Crippen LogP contribution in [-0.4, -0.2) is 57.4 Å². The van der Waals surface area contributed by atoms with Gasteiger partial charge in [-0.25, -0.2) is 0 Å². The molecule has 6 nitrogen and oxygen atoms in total. The summed E-state index contributed by atoms with van der Waals surface area (Å²) in [6.45, 7) is 1.67. The van der Waals surface area contributed by atoms with E-state index in [1.54, 1.807) is 12.4 Å². The SMILES string of the molecule is O=C(N[C@@H]1CCC[C@@H]1N1CCC(O)C1)c1cn[nH]c1. The van der Waals surface area contributed by atoms with E-state index in [0.29, 0.717) is 11.6 Å². The lowest BCUT2D eigenvalue weighted by molar-refractivity contribution is 0.0906. The van der Waals surface area contributed by atoms with Crippen molar-refractivity contribution in [2.45, 2.75) is 43.9 Å². The Morgan fingerprint density at radius 1 is 1.47 bits per heavy atom. The van der Waals surface area contributed by atoms with Crippen molar-refractivity contribution in [2.75, 3.05) is 13.1 Å². The lowest BCUT2D eigenvalue weighted by atomic mass is 10.1. The molecule has 1 saturated heterocycles. The second kappa shape index (κ2) is 5.30. The van der Waals surface area contributed by atoms with Gasteiger partial charge in [0.25, 0.3) is 5.91 Å². The number of hydrogen-bond donors (Lipinski definition) is 3. The monoisotopic (exact) mass is 264 g/mol. The molecule has 19 heavy (non-hydrogen) atoms. The first-order chi connectivity index (χ1) is 9.24. The van der Waals surface area contributed by atoms with E-state index in [1.165, 1.54) is 0 Å². The molecule has 0 radical (unpaired) electrons. The highest BCUT2D eigenvalue weighted by molar-refractivity contribution is 5.93. The molecule has 2 aliphatic rings. The molecule has 1 saturated carbocycles. The number of amides is 1. The van der Waals surface area contributed by atoms with Gasteiger partial charge >= 0.3 is 0 Å². The number of aliphatic hydroxyl groups is 1. The van der Waals surface area contributed by atoms with E-state index in [0.717, 1.165) is 38.8 Å². The fourth-order valence-electron chi connectivity index (χ4n) is 3.24. The van der Waals surface area contributed by atoms with Gasteiger partial charge in [-0.15, -0.1) is 0 Å². The molecule has 1 aliphatic carbocycles. The second-order valence-corrected chi connectivity index (χ2v) is 5.50. The van der Waals surface area contributed by atoms with Gasteiger partial charge in [-0.2, -0.15) is 5.10 Å². The van der Waals surface area contributed by atoms with Crippen molar-refractivity contribution in [3.63, 3.8) is 0 Å². The maximum Gasteiger partial charge on any atom is 0.254 e. The zero-order valence-electron chi connectivity index (χ0n) is 10.9. The molecule has 0 aromatic carbocycles. The summed E-state index contributed by atoms with van der Waals surface area (Å²) in [6, 6.07) is 0.556. The first-order valence-corrected chi connectivity index (χ1v) is 6.96. The maximum atomic E-state index is 12.0. The van der Waals surface area contributed by atoms with Crippen LogP contribution in [0.25, 0.3) is 0 Å². The molecule has 1 aliphatic heterocycles. The maximum absolute atomic E-state index is 12.0. The fraction of sp³-hybridized carbons (Fsp3) is 0.692. The van der Waals surface area contributed by atoms with Crippen molar-refractivity contribution >= 4 is 5.91 Å². The Balaban J connectivity index is 1.62. The second-order valence-electron chi connectivity index (χ2n) is 5.50. The molecule has 3 rings (SSSR count). The Morgan fingerprint density at radius 2 is 2.37 bits per heavy atom. The number of H-pyrrole nitrogens is 1. The third-order valence-electron chi connectivity index (χ3n) is 4.22. The lowest BCUT2D eigenvalue weighted by Crippen LogP contribution is -2.48. The van der Waals surface area contributed by atoms with Gasteiger partial charge < -0.3 is 10.4 Å². The summed E-state index contributed by atoms with van der Waals surface area (Å²) in [4.78, 5) is 14.4. The highest BCUT2D eigenvalue weighted by atomic mass is 16.3. The number of carbonyl (C=O) groups excluding carboxylic acids is 1. The van der Waals surface area contributed by atoms with Crippen molar-refractivity contribution in [1.82, 2.24) is 20.4 Å². The Bertz CT molecular complexity index is 434. The molecule has 6 heteroatoms. The Morgan fingerprint density at radius 3 is 3.05 bits per heavy atom. The molecular weight excluding hydrogens is 244 g/mol. The van der Waals surface area contributed by atoms with Gasteiger partial charge in [0.15, 0.2) is 0 Å². The Labute approximate surface area is 112 Å². The molecule has 0 bridgehead atoms. The van der Waals surface area contributed by atoms with E-state index in [1.807, 2.05) is 0 Å². The topological polar surface area (TPSA) is 81.2 Å². The third-order valence-corrected chi connectivity index (χ3v) is 4.22. The van der Waals surface area contributed by atoms with Crippen LogP contribution in [0.5, 0.6) is 0 Å². The summed E-state index contributed by atoms with van der Waals surface area (Å²) in [5, 5.41) is 19.2. The summed E-state index contributed by atoms with van der Waals surface area (Å²) < 4.78 is 0. The summed E-state index contributed by atoms with van der Waals surface area (Å²) in [5.74, 6) is -0.0644. The van der Waals surface area contributed by atoms with Crippen LogP contribution in [0.15, 0.2) is 12.4 Å². The number of hydrogen-bond acceptors (Lipinski definition) is 4. The zero-order chi connectivity index (χ0) is 13.2. The average Bonchev–Trinajstić information content (AvgIpc) is 3.08. The number of β-amino-alcohol motifs (C(OH)–C–C–N with tert-alkyl or cyclic N) is 1. The number of likely N-dealkylation sites (tertiary alicyclic amines) is 1. The van der Waals surface area contributed by atoms with Crippen LogP contribution < -0.4 is 5.32 Å². The quantitative estimate of drug-likeness (QED) is 0.724. The fourth-order valence-corrected chi connectivity index (χ4v) is 3.24. The molecule has 2 fully saturated rings. The van der Waals surface area contributed by atoms with E-state index >= 15 is 0 Å². The van der Waals surface area contributed by atoms with Crippen molar-refractivity contribution in [2.24, 2.45) is 0 Å². The van der Waals surface area contributed by atoms with Gasteiger partial charge in [-0.1, -0.05) is 0 Å². The highest BCUT2D eigenvalue weighted by Crippen LogP contribution is 2.27. The number of carbonyl (C=O) groups is 1. The van der Waals surface area contributed by atoms with E-state index in [9.17, 15) is 9.90 Å². The summed E-state index contributed by atoms with van der Waals surface area (Å²) in [5.41, 5.74) is 0.576. The molecule has 1 unspecified atom stereocenters.